The molecule has 2 aromatic rings. The molecule has 1 amide bonds. The first-order chi connectivity index (χ1) is 11.6. The van der Waals surface area contributed by atoms with Crippen molar-refractivity contribution in [3.05, 3.63) is 40.7 Å². The predicted octanol–water partition coefficient (Wildman–Crippen LogP) is 3.93. The Labute approximate surface area is 147 Å². The van der Waals surface area contributed by atoms with Crippen LogP contribution in [-0.2, 0) is 0 Å². The van der Waals surface area contributed by atoms with Crippen molar-refractivity contribution in [2.45, 2.75) is 45.4 Å². The lowest BCUT2D eigenvalue weighted by molar-refractivity contribution is 0.0946. The van der Waals surface area contributed by atoms with Crippen LogP contribution in [0.5, 0.6) is 0 Å². The number of amides is 1. The van der Waals surface area contributed by atoms with Crippen LogP contribution in [0.25, 0.3) is 5.69 Å². The molecule has 1 saturated carbocycles. The molecule has 0 bridgehead atoms. The molecule has 1 aliphatic carbocycles. The first-order valence-corrected chi connectivity index (χ1v) is 8.99. The zero-order chi connectivity index (χ0) is 16.9. The number of hydrogen-bond donors (Lipinski definition) is 1. The van der Waals surface area contributed by atoms with Gasteiger partial charge in [-0.2, -0.15) is 0 Å². The normalized spacial score (nSPS) is 14.9. The Kier molecular flexibility index (Phi) is 5.51. The van der Waals surface area contributed by atoms with E-state index in [0.29, 0.717) is 23.0 Å². The Hall–Kier alpha value is -1.88. The minimum absolute atomic E-state index is 0.160. The number of benzene rings is 1. The van der Waals surface area contributed by atoms with E-state index in [1.807, 2.05) is 19.1 Å². The molecule has 0 atom stereocenters. The maximum Gasteiger partial charge on any atom is 0.273 e. The highest BCUT2D eigenvalue weighted by Gasteiger charge is 2.18. The largest absolute Gasteiger partial charge is 0.351 e. The van der Waals surface area contributed by atoms with Gasteiger partial charge in [0.15, 0.2) is 5.69 Å². The molecule has 0 saturated heterocycles. The first-order valence-electron chi connectivity index (χ1n) is 8.61. The van der Waals surface area contributed by atoms with E-state index in [4.69, 9.17) is 11.6 Å². The van der Waals surface area contributed by atoms with Crippen LogP contribution in [0.1, 0.15) is 54.7 Å². The second kappa shape index (κ2) is 7.79. The zero-order valence-corrected chi connectivity index (χ0v) is 14.7. The summed E-state index contributed by atoms with van der Waals surface area (Å²) in [6.45, 7) is 2.53. The lowest BCUT2D eigenvalue weighted by Crippen LogP contribution is -2.26. The predicted molar refractivity (Wildman–Crippen MR) is 94.6 cm³/mol. The van der Waals surface area contributed by atoms with Gasteiger partial charge in [0, 0.05) is 11.6 Å². The summed E-state index contributed by atoms with van der Waals surface area (Å²) in [6, 6.07) is 7.33. The van der Waals surface area contributed by atoms with Crippen molar-refractivity contribution < 1.29 is 4.79 Å². The van der Waals surface area contributed by atoms with Gasteiger partial charge in [0.2, 0.25) is 0 Å². The van der Waals surface area contributed by atoms with E-state index in [9.17, 15) is 4.79 Å². The summed E-state index contributed by atoms with van der Waals surface area (Å²) in [5, 5.41) is 11.7. The summed E-state index contributed by atoms with van der Waals surface area (Å²) in [5.41, 5.74) is 1.88. The summed E-state index contributed by atoms with van der Waals surface area (Å²) < 4.78 is 1.64. The van der Waals surface area contributed by atoms with Crippen LogP contribution in [0.3, 0.4) is 0 Å². The molecule has 0 unspecified atom stereocenters. The van der Waals surface area contributed by atoms with E-state index in [0.717, 1.165) is 18.0 Å². The maximum absolute atomic E-state index is 12.3. The van der Waals surface area contributed by atoms with Gasteiger partial charge < -0.3 is 5.32 Å². The average molecular weight is 347 g/mol. The zero-order valence-electron chi connectivity index (χ0n) is 14.0. The molecule has 24 heavy (non-hydrogen) atoms. The van der Waals surface area contributed by atoms with Crippen LogP contribution in [0.15, 0.2) is 24.3 Å². The molecule has 0 aliphatic heterocycles. The Morgan fingerprint density at radius 2 is 2.17 bits per heavy atom. The van der Waals surface area contributed by atoms with Crippen LogP contribution in [-0.4, -0.2) is 27.4 Å². The highest BCUT2D eigenvalue weighted by atomic mass is 35.5. The summed E-state index contributed by atoms with van der Waals surface area (Å²) in [4.78, 5) is 12.3. The number of nitrogens with zero attached hydrogens (tertiary/aromatic N) is 3. The number of hydrogen-bond acceptors (Lipinski definition) is 3. The molecule has 6 heteroatoms. The van der Waals surface area contributed by atoms with Gasteiger partial charge in [-0.15, -0.1) is 5.10 Å². The molecule has 1 aromatic heterocycles. The van der Waals surface area contributed by atoms with Crippen LogP contribution >= 0.6 is 11.6 Å². The molecule has 1 heterocycles. The average Bonchev–Trinajstić information content (AvgIpc) is 3.21. The number of halogens is 1. The topological polar surface area (TPSA) is 59.8 Å². The van der Waals surface area contributed by atoms with E-state index in [1.165, 1.54) is 32.1 Å². The molecule has 3 rings (SSSR count). The van der Waals surface area contributed by atoms with Crippen molar-refractivity contribution in [3.8, 4) is 5.69 Å². The van der Waals surface area contributed by atoms with E-state index >= 15 is 0 Å². The van der Waals surface area contributed by atoms with Crippen molar-refractivity contribution >= 4 is 17.5 Å². The minimum Gasteiger partial charge on any atom is -0.351 e. The lowest BCUT2D eigenvalue weighted by Gasteiger charge is -2.09. The third kappa shape index (κ3) is 3.96. The fraction of sp³-hybridized carbons (Fsp3) is 0.500. The van der Waals surface area contributed by atoms with Crippen molar-refractivity contribution in [2.24, 2.45) is 5.92 Å². The number of rotatable bonds is 6. The number of aromatic nitrogens is 3. The van der Waals surface area contributed by atoms with Gasteiger partial charge in [-0.3, -0.25) is 4.79 Å². The van der Waals surface area contributed by atoms with Gasteiger partial charge in [0.1, 0.15) is 0 Å². The second-order valence-electron chi connectivity index (χ2n) is 6.46. The monoisotopic (exact) mass is 346 g/mol. The number of carbonyl (C=O) groups excluding carboxylic acids is 1. The highest BCUT2D eigenvalue weighted by Crippen LogP contribution is 2.28. The molecule has 0 spiro atoms. The van der Waals surface area contributed by atoms with Crippen molar-refractivity contribution in [3.63, 3.8) is 0 Å². The molecule has 1 aromatic carbocycles. The van der Waals surface area contributed by atoms with Crippen LogP contribution in [0, 0.1) is 12.8 Å². The standard InChI is InChI=1S/C18H23ClN4O/c1-13-17(18(24)20-11-5-8-14-6-2-3-7-14)21-22-23(13)16-10-4-9-15(19)12-16/h4,9-10,12,14H,2-3,5-8,11H2,1H3,(H,20,24). The maximum atomic E-state index is 12.3. The summed E-state index contributed by atoms with van der Waals surface area (Å²) >= 11 is 6.01. The van der Waals surface area contributed by atoms with Crippen molar-refractivity contribution in [1.82, 2.24) is 20.3 Å². The third-order valence-corrected chi connectivity index (χ3v) is 4.95. The second-order valence-corrected chi connectivity index (χ2v) is 6.90. The highest BCUT2D eigenvalue weighted by molar-refractivity contribution is 6.30. The number of nitrogens with one attached hydrogen (secondary N) is 1. The lowest BCUT2D eigenvalue weighted by atomic mass is 10.0. The van der Waals surface area contributed by atoms with Gasteiger partial charge in [-0.1, -0.05) is 48.6 Å². The SMILES string of the molecule is Cc1c(C(=O)NCCCC2CCCC2)nnn1-c1cccc(Cl)c1. The van der Waals surface area contributed by atoms with Gasteiger partial charge in [-0.25, -0.2) is 4.68 Å². The quantitative estimate of drug-likeness (QED) is 0.806. The molecule has 1 N–H and O–H groups in total. The van der Waals surface area contributed by atoms with Crippen LogP contribution in [0.2, 0.25) is 5.02 Å². The van der Waals surface area contributed by atoms with E-state index in [1.54, 1.807) is 16.8 Å². The Morgan fingerprint density at radius 1 is 1.38 bits per heavy atom. The molecular weight excluding hydrogens is 324 g/mol. The van der Waals surface area contributed by atoms with Crippen LogP contribution in [0.4, 0.5) is 0 Å². The molecule has 5 nitrogen and oxygen atoms in total. The molecule has 128 valence electrons. The summed E-state index contributed by atoms with van der Waals surface area (Å²) in [7, 11) is 0. The summed E-state index contributed by atoms with van der Waals surface area (Å²) in [6.07, 6.45) is 7.65. The Morgan fingerprint density at radius 3 is 2.92 bits per heavy atom. The molecule has 1 aliphatic rings. The molecule has 1 fully saturated rings. The third-order valence-electron chi connectivity index (χ3n) is 4.71. The Balaban J connectivity index is 1.57. The fourth-order valence-corrected chi connectivity index (χ4v) is 3.55. The Bertz CT molecular complexity index is 707. The van der Waals surface area contributed by atoms with Crippen LogP contribution < -0.4 is 5.32 Å². The van der Waals surface area contributed by atoms with Crippen molar-refractivity contribution in [1.29, 1.82) is 0 Å². The van der Waals surface area contributed by atoms with Gasteiger partial charge >= 0.3 is 0 Å². The van der Waals surface area contributed by atoms with E-state index in [-0.39, 0.29) is 5.91 Å². The van der Waals surface area contributed by atoms with Gasteiger partial charge in [0.05, 0.1) is 11.4 Å². The summed E-state index contributed by atoms with van der Waals surface area (Å²) in [5.74, 6) is 0.694. The molecule has 0 radical (unpaired) electrons. The van der Waals surface area contributed by atoms with E-state index < -0.39 is 0 Å². The molecular formula is C18H23ClN4O. The van der Waals surface area contributed by atoms with Gasteiger partial charge in [-0.05, 0) is 43.9 Å². The van der Waals surface area contributed by atoms with Gasteiger partial charge in [0.25, 0.3) is 5.91 Å². The minimum atomic E-state index is -0.160. The van der Waals surface area contributed by atoms with Crippen molar-refractivity contribution in [2.75, 3.05) is 6.54 Å². The van der Waals surface area contributed by atoms with E-state index in [2.05, 4.69) is 15.6 Å². The number of carbonyl (C=O) groups is 1. The first kappa shape index (κ1) is 17.0. The smallest absolute Gasteiger partial charge is 0.273 e. The fourth-order valence-electron chi connectivity index (χ4n) is 3.37.